The van der Waals surface area contributed by atoms with E-state index < -0.39 is 6.10 Å². The molecule has 0 amide bonds. The van der Waals surface area contributed by atoms with Crippen LogP contribution in [-0.2, 0) is 0 Å². The van der Waals surface area contributed by atoms with E-state index >= 15 is 0 Å². The van der Waals surface area contributed by atoms with Crippen molar-refractivity contribution >= 4 is 16.5 Å². The monoisotopic (exact) mass is 346 g/mol. The number of fused-ring (bicyclic) bond motifs is 1. The van der Waals surface area contributed by atoms with Gasteiger partial charge < -0.3 is 10.0 Å². The van der Waals surface area contributed by atoms with Crippen LogP contribution in [0.25, 0.3) is 10.8 Å². The molecule has 1 aliphatic rings. The molecule has 3 aromatic carbocycles. The first-order chi connectivity index (χ1) is 12.8. The summed E-state index contributed by atoms with van der Waals surface area (Å²) in [5.41, 5.74) is 2.33. The SMILES string of the molecule is OC(CCN1CCN(c2ccccc2)CC1)c1ccc2ccccc2c1. The topological polar surface area (TPSA) is 26.7 Å². The molecule has 3 heteroatoms. The van der Waals surface area contributed by atoms with Crippen molar-refractivity contribution in [3.63, 3.8) is 0 Å². The fraction of sp³-hybridized carbons (Fsp3) is 0.304. The molecular formula is C23H26N2O. The fourth-order valence-corrected chi connectivity index (χ4v) is 3.76. The molecule has 26 heavy (non-hydrogen) atoms. The number of rotatable bonds is 5. The lowest BCUT2D eigenvalue weighted by atomic mass is 10.0. The van der Waals surface area contributed by atoms with E-state index in [1.807, 2.05) is 12.1 Å². The van der Waals surface area contributed by atoms with Gasteiger partial charge in [0.1, 0.15) is 0 Å². The summed E-state index contributed by atoms with van der Waals surface area (Å²) in [6.07, 6.45) is 0.385. The number of aliphatic hydroxyl groups excluding tert-OH is 1. The molecule has 1 saturated heterocycles. The Balaban J connectivity index is 1.30. The molecule has 134 valence electrons. The molecule has 0 radical (unpaired) electrons. The lowest BCUT2D eigenvalue weighted by Crippen LogP contribution is -2.46. The van der Waals surface area contributed by atoms with Crippen LogP contribution in [0.2, 0.25) is 0 Å². The van der Waals surface area contributed by atoms with Crippen LogP contribution in [0.5, 0.6) is 0 Å². The summed E-state index contributed by atoms with van der Waals surface area (Å²) in [4.78, 5) is 4.90. The Hall–Kier alpha value is -2.36. The van der Waals surface area contributed by atoms with Gasteiger partial charge in [0.05, 0.1) is 6.10 Å². The van der Waals surface area contributed by atoms with Gasteiger partial charge in [-0.15, -0.1) is 0 Å². The number of anilines is 1. The molecule has 3 aromatic rings. The van der Waals surface area contributed by atoms with Gasteiger partial charge in [-0.25, -0.2) is 0 Å². The molecule has 3 nitrogen and oxygen atoms in total. The summed E-state index contributed by atoms with van der Waals surface area (Å²) in [6, 6.07) is 25.2. The second kappa shape index (κ2) is 7.90. The Labute approximate surface area is 155 Å². The predicted molar refractivity (Wildman–Crippen MR) is 109 cm³/mol. The highest BCUT2D eigenvalue weighted by Gasteiger charge is 2.18. The largest absolute Gasteiger partial charge is 0.388 e. The van der Waals surface area contributed by atoms with E-state index in [1.54, 1.807) is 0 Å². The highest BCUT2D eigenvalue weighted by Crippen LogP contribution is 2.23. The van der Waals surface area contributed by atoms with Gasteiger partial charge in [-0.1, -0.05) is 54.6 Å². The van der Waals surface area contributed by atoms with Crippen molar-refractivity contribution in [1.82, 2.24) is 4.90 Å². The Bertz CT molecular complexity index is 841. The highest BCUT2D eigenvalue weighted by atomic mass is 16.3. The van der Waals surface area contributed by atoms with E-state index in [1.165, 1.54) is 16.5 Å². The van der Waals surface area contributed by atoms with Crippen LogP contribution in [0.1, 0.15) is 18.1 Å². The predicted octanol–water partition coefficient (Wildman–Crippen LogP) is 4.09. The fourth-order valence-electron chi connectivity index (χ4n) is 3.76. The first-order valence-electron chi connectivity index (χ1n) is 9.49. The van der Waals surface area contributed by atoms with Crippen molar-refractivity contribution in [2.24, 2.45) is 0 Å². The molecule has 0 spiro atoms. The second-order valence-electron chi connectivity index (χ2n) is 7.08. The number of aliphatic hydroxyl groups is 1. The first kappa shape index (κ1) is 17.1. The number of hydrogen-bond acceptors (Lipinski definition) is 3. The average Bonchev–Trinajstić information content (AvgIpc) is 2.72. The third kappa shape index (κ3) is 3.90. The van der Waals surface area contributed by atoms with Gasteiger partial charge in [0.2, 0.25) is 0 Å². The summed E-state index contributed by atoms with van der Waals surface area (Å²) in [7, 11) is 0. The maximum absolute atomic E-state index is 10.6. The Kier molecular flexibility index (Phi) is 5.19. The summed E-state index contributed by atoms with van der Waals surface area (Å²) in [6.45, 7) is 5.15. The van der Waals surface area contributed by atoms with Crippen LogP contribution < -0.4 is 4.90 Å². The van der Waals surface area contributed by atoms with Crippen molar-refractivity contribution in [2.75, 3.05) is 37.6 Å². The molecule has 1 aliphatic heterocycles. The first-order valence-corrected chi connectivity index (χ1v) is 9.49. The smallest absolute Gasteiger partial charge is 0.0802 e. The highest BCUT2D eigenvalue weighted by molar-refractivity contribution is 5.83. The van der Waals surface area contributed by atoms with E-state index in [-0.39, 0.29) is 0 Å². The van der Waals surface area contributed by atoms with Crippen molar-refractivity contribution in [2.45, 2.75) is 12.5 Å². The number of para-hydroxylation sites is 1. The van der Waals surface area contributed by atoms with Gasteiger partial charge in [0.15, 0.2) is 0 Å². The molecule has 0 aromatic heterocycles. The minimum atomic E-state index is -0.397. The minimum Gasteiger partial charge on any atom is -0.388 e. The average molecular weight is 346 g/mol. The Morgan fingerprint density at radius 3 is 2.23 bits per heavy atom. The van der Waals surface area contributed by atoms with E-state index in [2.05, 4.69) is 70.5 Å². The van der Waals surface area contributed by atoms with E-state index in [4.69, 9.17) is 0 Å². The van der Waals surface area contributed by atoms with Gasteiger partial charge in [-0.05, 0) is 41.0 Å². The number of benzene rings is 3. The molecule has 4 rings (SSSR count). The molecular weight excluding hydrogens is 320 g/mol. The molecule has 1 atom stereocenters. The van der Waals surface area contributed by atoms with Crippen molar-refractivity contribution in [3.05, 3.63) is 78.4 Å². The lowest BCUT2D eigenvalue weighted by Gasteiger charge is -2.36. The molecule has 0 saturated carbocycles. The van der Waals surface area contributed by atoms with Gasteiger partial charge in [-0.3, -0.25) is 4.90 Å². The van der Waals surface area contributed by atoms with Gasteiger partial charge in [0, 0.05) is 38.4 Å². The van der Waals surface area contributed by atoms with Gasteiger partial charge in [-0.2, -0.15) is 0 Å². The normalized spacial score (nSPS) is 16.7. The standard InChI is InChI=1S/C23H26N2O/c26-23(21-11-10-19-6-4-5-7-20(19)18-21)12-13-24-14-16-25(17-15-24)22-8-2-1-3-9-22/h1-11,18,23,26H,12-17H2. The number of nitrogens with zero attached hydrogens (tertiary/aromatic N) is 2. The zero-order valence-electron chi connectivity index (χ0n) is 15.1. The Morgan fingerprint density at radius 1 is 0.769 bits per heavy atom. The lowest BCUT2D eigenvalue weighted by molar-refractivity contribution is 0.139. The van der Waals surface area contributed by atoms with Crippen LogP contribution in [0, 0.1) is 0 Å². The zero-order valence-corrected chi connectivity index (χ0v) is 15.1. The number of piperazine rings is 1. The van der Waals surface area contributed by atoms with Crippen molar-refractivity contribution in [1.29, 1.82) is 0 Å². The van der Waals surface area contributed by atoms with Crippen LogP contribution in [-0.4, -0.2) is 42.7 Å². The molecule has 1 fully saturated rings. The van der Waals surface area contributed by atoms with Crippen LogP contribution in [0.15, 0.2) is 72.8 Å². The maximum Gasteiger partial charge on any atom is 0.0802 e. The molecule has 1 unspecified atom stereocenters. The van der Waals surface area contributed by atoms with E-state index in [0.29, 0.717) is 0 Å². The van der Waals surface area contributed by atoms with Crippen molar-refractivity contribution in [3.8, 4) is 0 Å². The summed E-state index contributed by atoms with van der Waals surface area (Å²) >= 11 is 0. The second-order valence-corrected chi connectivity index (χ2v) is 7.08. The summed E-state index contributed by atoms with van der Waals surface area (Å²) < 4.78 is 0. The third-order valence-electron chi connectivity index (χ3n) is 5.37. The Morgan fingerprint density at radius 2 is 1.46 bits per heavy atom. The quantitative estimate of drug-likeness (QED) is 0.754. The molecule has 1 heterocycles. The minimum absolute atomic E-state index is 0.397. The summed E-state index contributed by atoms with van der Waals surface area (Å²) in [5.74, 6) is 0. The summed E-state index contributed by atoms with van der Waals surface area (Å²) in [5, 5.41) is 13.0. The van der Waals surface area contributed by atoms with Crippen LogP contribution >= 0.6 is 0 Å². The zero-order chi connectivity index (χ0) is 17.8. The third-order valence-corrected chi connectivity index (χ3v) is 5.37. The molecule has 0 aliphatic carbocycles. The molecule has 1 N–H and O–H groups in total. The number of hydrogen-bond donors (Lipinski definition) is 1. The van der Waals surface area contributed by atoms with Gasteiger partial charge in [0.25, 0.3) is 0 Å². The van der Waals surface area contributed by atoms with E-state index in [9.17, 15) is 5.11 Å². The van der Waals surface area contributed by atoms with Crippen LogP contribution in [0.4, 0.5) is 5.69 Å². The van der Waals surface area contributed by atoms with Crippen molar-refractivity contribution < 1.29 is 5.11 Å². The van der Waals surface area contributed by atoms with E-state index in [0.717, 1.165) is 44.7 Å². The van der Waals surface area contributed by atoms with Crippen LogP contribution in [0.3, 0.4) is 0 Å². The van der Waals surface area contributed by atoms with Gasteiger partial charge >= 0.3 is 0 Å². The maximum atomic E-state index is 10.6. The molecule has 0 bridgehead atoms.